The van der Waals surface area contributed by atoms with Crippen LogP contribution in [-0.4, -0.2) is 39.0 Å². The standard InChI is InChI=1S/C14H17N3OS2/c18-14-11-3-1-2-4-12(11)16-13(17-14)7-15-10-8-19-5-6-20-9-10/h1-4,10,15H,5-9H2,(H,16,17,18). The smallest absolute Gasteiger partial charge is 0.258 e. The molecule has 2 N–H and O–H groups in total. The van der Waals surface area contributed by atoms with Gasteiger partial charge in [0.05, 0.1) is 17.4 Å². The maximum Gasteiger partial charge on any atom is 0.258 e. The van der Waals surface area contributed by atoms with Gasteiger partial charge < -0.3 is 10.3 Å². The molecular weight excluding hydrogens is 290 g/mol. The van der Waals surface area contributed by atoms with Gasteiger partial charge >= 0.3 is 0 Å². The van der Waals surface area contributed by atoms with Crippen LogP contribution in [-0.2, 0) is 6.54 Å². The lowest BCUT2D eigenvalue weighted by atomic mass is 10.2. The molecule has 20 heavy (non-hydrogen) atoms. The Bertz CT molecular complexity index is 636. The van der Waals surface area contributed by atoms with E-state index in [2.05, 4.69) is 15.3 Å². The Morgan fingerprint density at radius 3 is 2.80 bits per heavy atom. The summed E-state index contributed by atoms with van der Waals surface area (Å²) in [5.74, 6) is 5.44. The molecule has 0 unspecified atom stereocenters. The van der Waals surface area contributed by atoms with Crippen LogP contribution in [0, 0.1) is 0 Å². The highest BCUT2D eigenvalue weighted by molar-refractivity contribution is 8.03. The molecule has 1 aromatic heterocycles. The predicted molar refractivity (Wildman–Crippen MR) is 87.6 cm³/mol. The summed E-state index contributed by atoms with van der Waals surface area (Å²) < 4.78 is 0. The predicted octanol–water partition coefficient (Wildman–Crippen LogP) is 1.86. The third-order valence-corrected chi connectivity index (χ3v) is 5.75. The second kappa shape index (κ2) is 6.65. The van der Waals surface area contributed by atoms with E-state index < -0.39 is 0 Å². The van der Waals surface area contributed by atoms with Gasteiger partial charge in [-0.05, 0) is 12.1 Å². The number of benzene rings is 1. The second-order valence-electron chi connectivity index (χ2n) is 4.76. The van der Waals surface area contributed by atoms with Crippen molar-refractivity contribution in [1.29, 1.82) is 0 Å². The molecule has 0 aliphatic carbocycles. The van der Waals surface area contributed by atoms with Crippen molar-refractivity contribution in [2.45, 2.75) is 12.6 Å². The number of fused-ring (bicyclic) bond motifs is 1. The second-order valence-corrected chi connectivity index (χ2v) is 7.06. The maximum atomic E-state index is 12.0. The molecule has 6 heteroatoms. The van der Waals surface area contributed by atoms with Crippen LogP contribution < -0.4 is 10.9 Å². The number of aromatic amines is 1. The van der Waals surface area contributed by atoms with Crippen LogP contribution in [0.5, 0.6) is 0 Å². The quantitative estimate of drug-likeness (QED) is 0.906. The van der Waals surface area contributed by atoms with E-state index in [4.69, 9.17) is 0 Å². The van der Waals surface area contributed by atoms with Crippen LogP contribution >= 0.6 is 23.5 Å². The SMILES string of the molecule is O=c1[nH]c(CNC2CSCCSC2)nc2ccccc12. The maximum absolute atomic E-state index is 12.0. The summed E-state index contributed by atoms with van der Waals surface area (Å²) in [5, 5.41) is 4.15. The lowest BCUT2D eigenvalue weighted by Crippen LogP contribution is -2.33. The van der Waals surface area contributed by atoms with Crippen molar-refractivity contribution in [2.24, 2.45) is 0 Å². The number of nitrogens with one attached hydrogen (secondary N) is 2. The average molecular weight is 307 g/mol. The van der Waals surface area contributed by atoms with E-state index in [1.807, 2.05) is 41.7 Å². The molecule has 0 saturated carbocycles. The Morgan fingerprint density at radius 1 is 1.25 bits per heavy atom. The minimum atomic E-state index is -0.0583. The first-order chi connectivity index (χ1) is 9.83. The zero-order chi connectivity index (χ0) is 13.8. The van der Waals surface area contributed by atoms with Crippen molar-refractivity contribution in [3.63, 3.8) is 0 Å². The summed E-state index contributed by atoms with van der Waals surface area (Å²) in [6, 6.07) is 7.94. The highest BCUT2D eigenvalue weighted by Gasteiger charge is 2.12. The highest BCUT2D eigenvalue weighted by Crippen LogP contribution is 2.16. The van der Waals surface area contributed by atoms with Gasteiger partial charge in [-0.3, -0.25) is 4.79 Å². The number of hydrogen-bond acceptors (Lipinski definition) is 5. The molecule has 1 aliphatic heterocycles. The third-order valence-electron chi connectivity index (χ3n) is 3.23. The first-order valence-corrected chi connectivity index (χ1v) is 9.01. The number of nitrogens with zero attached hydrogens (tertiary/aromatic N) is 1. The van der Waals surface area contributed by atoms with Gasteiger partial charge in [0.1, 0.15) is 5.82 Å². The van der Waals surface area contributed by atoms with E-state index in [1.165, 1.54) is 11.5 Å². The molecule has 0 spiro atoms. The largest absolute Gasteiger partial charge is 0.309 e. The van der Waals surface area contributed by atoms with Gasteiger partial charge in [-0.1, -0.05) is 12.1 Å². The molecule has 1 aliphatic rings. The molecule has 0 radical (unpaired) electrons. The Labute approximate surface area is 126 Å². The van der Waals surface area contributed by atoms with Crippen molar-refractivity contribution >= 4 is 34.4 Å². The lowest BCUT2D eigenvalue weighted by molar-refractivity contribution is 0.586. The number of thioether (sulfide) groups is 2. The fourth-order valence-corrected chi connectivity index (χ4v) is 4.66. The minimum Gasteiger partial charge on any atom is -0.309 e. The van der Waals surface area contributed by atoms with E-state index in [-0.39, 0.29) is 5.56 Å². The molecule has 1 aromatic carbocycles. The van der Waals surface area contributed by atoms with Gasteiger partial charge in [0.2, 0.25) is 0 Å². The lowest BCUT2D eigenvalue weighted by Gasteiger charge is -2.14. The van der Waals surface area contributed by atoms with Gasteiger partial charge in [0, 0.05) is 29.1 Å². The number of aromatic nitrogens is 2. The van der Waals surface area contributed by atoms with Crippen LogP contribution in [0.25, 0.3) is 10.9 Å². The van der Waals surface area contributed by atoms with E-state index in [9.17, 15) is 4.79 Å². The summed E-state index contributed by atoms with van der Waals surface area (Å²) in [6.45, 7) is 0.617. The third kappa shape index (κ3) is 3.37. The van der Waals surface area contributed by atoms with Crippen molar-refractivity contribution in [3.8, 4) is 0 Å². The molecule has 4 nitrogen and oxygen atoms in total. The fourth-order valence-electron chi connectivity index (χ4n) is 2.19. The van der Waals surface area contributed by atoms with Crippen LogP contribution in [0.15, 0.2) is 29.1 Å². The highest BCUT2D eigenvalue weighted by atomic mass is 32.2. The van der Waals surface area contributed by atoms with Crippen LogP contribution in [0.1, 0.15) is 5.82 Å². The Balaban J connectivity index is 1.72. The van der Waals surface area contributed by atoms with E-state index >= 15 is 0 Å². The van der Waals surface area contributed by atoms with Gasteiger partial charge in [0.25, 0.3) is 5.56 Å². The molecule has 0 amide bonds. The van der Waals surface area contributed by atoms with Gasteiger partial charge in [-0.15, -0.1) is 0 Å². The summed E-state index contributed by atoms with van der Waals surface area (Å²) in [6.07, 6.45) is 0. The molecule has 0 atom stereocenters. The topological polar surface area (TPSA) is 57.8 Å². The summed E-state index contributed by atoms with van der Waals surface area (Å²) in [5.41, 5.74) is 0.703. The van der Waals surface area contributed by atoms with Crippen LogP contribution in [0.2, 0.25) is 0 Å². The van der Waals surface area contributed by atoms with E-state index in [0.717, 1.165) is 17.0 Å². The zero-order valence-corrected chi connectivity index (χ0v) is 12.7. The molecule has 0 bridgehead atoms. The normalized spacial score (nSPS) is 17.2. The molecule has 1 fully saturated rings. The Morgan fingerprint density at radius 2 is 2.00 bits per heavy atom. The summed E-state index contributed by atoms with van der Waals surface area (Å²) in [4.78, 5) is 19.3. The number of H-pyrrole nitrogens is 1. The molecule has 2 heterocycles. The summed E-state index contributed by atoms with van der Waals surface area (Å²) >= 11 is 3.98. The van der Waals surface area contributed by atoms with Crippen molar-refractivity contribution < 1.29 is 0 Å². The van der Waals surface area contributed by atoms with E-state index in [1.54, 1.807) is 6.07 Å². The van der Waals surface area contributed by atoms with Gasteiger partial charge in [0.15, 0.2) is 0 Å². The summed E-state index contributed by atoms with van der Waals surface area (Å²) in [7, 11) is 0. The van der Waals surface area contributed by atoms with Crippen LogP contribution in [0.3, 0.4) is 0 Å². The zero-order valence-electron chi connectivity index (χ0n) is 11.1. The number of para-hydroxylation sites is 1. The average Bonchev–Trinajstić information content (AvgIpc) is 2.74. The fraction of sp³-hybridized carbons (Fsp3) is 0.429. The molecule has 2 aromatic rings. The van der Waals surface area contributed by atoms with Gasteiger partial charge in [-0.2, -0.15) is 23.5 Å². The molecule has 106 valence electrons. The number of hydrogen-bond donors (Lipinski definition) is 2. The first kappa shape index (κ1) is 14.0. The molecule has 1 saturated heterocycles. The Hall–Kier alpha value is -0.980. The van der Waals surface area contributed by atoms with Crippen molar-refractivity contribution in [1.82, 2.24) is 15.3 Å². The van der Waals surface area contributed by atoms with Crippen molar-refractivity contribution in [3.05, 3.63) is 40.4 Å². The Kier molecular flexibility index (Phi) is 4.65. The first-order valence-electron chi connectivity index (χ1n) is 6.70. The molecular formula is C14H17N3OS2. The molecule has 3 rings (SSSR count). The van der Waals surface area contributed by atoms with E-state index in [0.29, 0.717) is 23.8 Å². The monoisotopic (exact) mass is 307 g/mol. The van der Waals surface area contributed by atoms with Crippen LogP contribution in [0.4, 0.5) is 0 Å². The van der Waals surface area contributed by atoms with Gasteiger partial charge in [-0.25, -0.2) is 4.98 Å². The minimum absolute atomic E-state index is 0.0583. The number of rotatable bonds is 3. The van der Waals surface area contributed by atoms with Crippen molar-refractivity contribution in [2.75, 3.05) is 23.0 Å².